The minimum absolute atomic E-state index is 0.0668. The van der Waals surface area contributed by atoms with Crippen LogP contribution in [-0.2, 0) is 14.3 Å². The maximum Gasteiger partial charge on any atom is 0.381 e. The van der Waals surface area contributed by atoms with Gasteiger partial charge in [0.05, 0.1) is 19.6 Å². The molecule has 24 heavy (non-hydrogen) atoms. The summed E-state index contributed by atoms with van der Waals surface area (Å²) in [5.41, 5.74) is 0. The van der Waals surface area contributed by atoms with Crippen LogP contribution in [-0.4, -0.2) is 74.5 Å². The van der Waals surface area contributed by atoms with Crippen molar-refractivity contribution >= 4 is 5.97 Å². The van der Waals surface area contributed by atoms with Crippen molar-refractivity contribution in [1.29, 1.82) is 0 Å². The number of carbonyl (C=O) groups excluding carboxylic acids is 1. The Morgan fingerprint density at radius 1 is 1.08 bits per heavy atom. The summed E-state index contributed by atoms with van der Waals surface area (Å²) in [6.45, 7) is -0.657. The normalized spacial score (nSPS) is 18.0. The third kappa shape index (κ3) is 4.68. The predicted molar refractivity (Wildman–Crippen MR) is 63.7 cm³/mol. The van der Waals surface area contributed by atoms with Gasteiger partial charge in [-0.05, 0) is 0 Å². The second-order valence-electron chi connectivity index (χ2n) is 5.07. The lowest BCUT2D eigenvalue weighted by molar-refractivity contribution is -0.344. The molecule has 142 valence electrons. The summed E-state index contributed by atoms with van der Waals surface area (Å²) in [5.74, 6) is -19.6. The van der Waals surface area contributed by atoms with Gasteiger partial charge in [0.15, 0.2) is 6.61 Å². The number of halogens is 8. The number of rotatable bonds is 8. The monoisotopic (exact) mass is 373 g/mol. The van der Waals surface area contributed by atoms with Gasteiger partial charge in [-0.25, -0.2) is 8.78 Å². The third-order valence-electron chi connectivity index (χ3n) is 3.30. The second kappa shape index (κ2) is 7.81. The van der Waals surface area contributed by atoms with E-state index in [0.29, 0.717) is 26.3 Å². The molecule has 4 nitrogen and oxygen atoms in total. The number of morpholine rings is 1. The molecule has 0 atom stereocenters. The van der Waals surface area contributed by atoms with E-state index >= 15 is 0 Å². The van der Waals surface area contributed by atoms with E-state index in [1.807, 2.05) is 0 Å². The molecule has 1 fully saturated rings. The Morgan fingerprint density at radius 3 is 2.12 bits per heavy atom. The molecule has 0 unspecified atom stereocenters. The first-order valence-electron chi connectivity index (χ1n) is 6.79. The molecule has 0 N–H and O–H groups in total. The smallest absolute Gasteiger partial charge is 0.381 e. The molecule has 1 heterocycles. The number of nitrogens with zero attached hydrogens (tertiary/aromatic N) is 1. The van der Waals surface area contributed by atoms with Gasteiger partial charge in [-0.2, -0.15) is 26.3 Å². The number of carbonyl (C=O) groups is 1. The van der Waals surface area contributed by atoms with Crippen LogP contribution < -0.4 is 0 Å². The van der Waals surface area contributed by atoms with Gasteiger partial charge in [0, 0.05) is 19.6 Å². The van der Waals surface area contributed by atoms with Gasteiger partial charge in [0.2, 0.25) is 0 Å². The fourth-order valence-corrected chi connectivity index (χ4v) is 1.79. The van der Waals surface area contributed by atoms with Gasteiger partial charge in [-0.1, -0.05) is 0 Å². The molecule has 0 aromatic carbocycles. The van der Waals surface area contributed by atoms with Crippen LogP contribution in [0.25, 0.3) is 0 Å². The zero-order chi connectivity index (χ0) is 18.6. The summed E-state index contributed by atoms with van der Waals surface area (Å²) in [7, 11) is 0. The molecule has 0 amide bonds. The van der Waals surface area contributed by atoms with Crippen molar-refractivity contribution < 1.29 is 49.4 Å². The van der Waals surface area contributed by atoms with Crippen LogP contribution in [0.3, 0.4) is 0 Å². The average molecular weight is 373 g/mol. The molecule has 0 radical (unpaired) electrons. The van der Waals surface area contributed by atoms with Gasteiger partial charge >= 0.3 is 30.2 Å². The first kappa shape index (κ1) is 20.9. The first-order valence-corrected chi connectivity index (χ1v) is 6.79. The van der Waals surface area contributed by atoms with E-state index in [1.165, 1.54) is 0 Å². The zero-order valence-corrected chi connectivity index (χ0v) is 12.2. The Bertz CT molecular complexity index is 427. The molecular formula is C12H15F8NO3. The highest BCUT2D eigenvalue weighted by Crippen LogP contribution is 2.48. The largest absolute Gasteiger partial charge is 0.459 e. The van der Waals surface area contributed by atoms with E-state index < -0.39 is 43.2 Å². The van der Waals surface area contributed by atoms with Crippen LogP contribution in [0.4, 0.5) is 35.1 Å². The summed E-state index contributed by atoms with van der Waals surface area (Å²) in [6, 6.07) is 0. The van der Waals surface area contributed by atoms with Crippen LogP contribution >= 0.6 is 0 Å². The molecular weight excluding hydrogens is 358 g/mol. The van der Waals surface area contributed by atoms with E-state index in [1.54, 1.807) is 4.90 Å². The van der Waals surface area contributed by atoms with Crippen LogP contribution in [0.2, 0.25) is 0 Å². The van der Waals surface area contributed by atoms with Crippen molar-refractivity contribution in [2.45, 2.75) is 30.6 Å². The number of alkyl halides is 8. The minimum Gasteiger partial charge on any atom is -0.459 e. The van der Waals surface area contributed by atoms with Crippen molar-refractivity contribution in [3.05, 3.63) is 0 Å². The highest BCUT2D eigenvalue weighted by atomic mass is 19.4. The second-order valence-corrected chi connectivity index (χ2v) is 5.07. The summed E-state index contributed by atoms with van der Waals surface area (Å²) in [5, 5.41) is 0. The van der Waals surface area contributed by atoms with Gasteiger partial charge in [-0.15, -0.1) is 0 Å². The predicted octanol–water partition coefficient (Wildman–Crippen LogP) is 2.42. The van der Waals surface area contributed by atoms with E-state index in [-0.39, 0.29) is 6.54 Å². The fourth-order valence-electron chi connectivity index (χ4n) is 1.79. The average Bonchev–Trinajstić information content (AvgIpc) is 2.51. The van der Waals surface area contributed by atoms with Crippen LogP contribution in [0, 0.1) is 0 Å². The Labute approximate surface area is 131 Å². The fraction of sp³-hybridized carbons (Fsp3) is 0.917. The van der Waals surface area contributed by atoms with Crippen LogP contribution in [0.15, 0.2) is 0 Å². The zero-order valence-electron chi connectivity index (χ0n) is 12.2. The van der Waals surface area contributed by atoms with Crippen molar-refractivity contribution in [1.82, 2.24) is 4.90 Å². The molecule has 1 aliphatic heterocycles. The third-order valence-corrected chi connectivity index (χ3v) is 3.30. The Morgan fingerprint density at radius 2 is 1.62 bits per heavy atom. The summed E-state index contributed by atoms with van der Waals surface area (Å²) >= 11 is 0. The summed E-state index contributed by atoms with van der Waals surface area (Å²) in [4.78, 5) is 13.0. The Kier molecular flexibility index (Phi) is 6.79. The number of ether oxygens (including phenoxy) is 2. The molecule has 0 aromatic heterocycles. The van der Waals surface area contributed by atoms with Gasteiger partial charge in [0.25, 0.3) is 0 Å². The Hall–Kier alpha value is -1.17. The molecule has 0 saturated carbocycles. The quantitative estimate of drug-likeness (QED) is 0.484. The lowest BCUT2D eigenvalue weighted by Gasteiger charge is -2.31. The summed E-state index contributed by atoms with van der Waals surface area (Å²) in [6.07, 6.45) is -5.46. The van der Waals surface area contributed by atoms with Crippen LogP contribution in [0.1, 0.15) is 6.42 Å². The van der Waals surface area contributed by atoms with Crippen molar-refractivity contribution in [3.8, 4) is 0 Å². The molecule has 1 rings (SSSR count). The van der Waals surface area contributed by atoms with E-state index in [0.717, 1.165) is 0 Å². The number of hydrogen-bond acceptors (Lipinski definition) is 4. The van der Waals surface area contributed by atoms with E-state index in [4.69, 9.17) is 4.74 Å². The van der Waals surface area contributed by atoms with E-state index in [9.17, 15) is 39.9 Å². The topological polar surface area (TPSA) is 38.8 Å². The maximum absolute atomic E-state index is 13.1. The van der Waals surface area contributed by atoms with Crippen molar-refractivity contribution in [2.75, 3.05) is 39.5 Å². The highest BCUT2D eigenvalue weighted by molar-refractivity contribution is 5.69. The molecule has 0 spiro atoms. The molecule has 0 aliphatic carbocycles. The lowest BCUT2D eigenvalue weighted by Crippen LogP contribution is -2.59. The molecule has 0 aromatic rings. The van der Waals surface area contributed by atoms with Crippen LogP contribution in [0.5, 0.6) is 0 Å². The standard InChI is InChI=1S/C12H15F8NO3/c13-9(14)11(17,18)12(19,20)10(15,16)7-24-8(22)1-2-21-3-5-23-6-4-21/h9H,1-7H2. The highest BCUT2D eigenvalue weighted by Gasteiger charge is 2.75. The molecule has 1 saturated heterocycles. The lowest BCUT2D eigenvalue weighted by atomic mass is 10.1. The molecule has 1 aliphatic rings. The van der Waals surface area contributed by atoms with Gasteiger partial charge in [-0.3, -0.25) is 9.69 Å². The summed E-state index contributed by atoms with van der Waals surface area (Å²) < 4.78 is 110. The van der Waals surface area contributed by atoms with Gasteiger partial charge in [0.1, 0.15) is 0 Å². The maximum atomic E-state index is 13.1. The minimum atomic E-state index is -6.38. The SMILES string of the molecule is O=C(CCN1CCOCC1)OCC(F)(F)C(F)(F)C(F)(F)C(F)F. The van der Waals surface area contributed by atoms with Gasteiger partial charge < -0.3 is 9.47 Å². The number of esters is 1. The van der Waals surface area contributed by atoms with Crippen molar-refractivity contribution in [2.24, 2.45) is 0 Å². The number of hydrogen-bond donors (Lipinski definition) is 0. The molecule has 0 bridgehead atoms. The van der Waals surface area contributed by atoms with E-state index in [2.05, 4.69) is 4.74 Å². The first-order chi connectivity index (χ1) is 10.9. The Balaban J connectivity index is 2.52. The van der Waals surface area contributed by atoms with Crippen molar-refractivity contribution in [3.63, 3.8) is 0 Å². The molecule has 12 heteroatoms.